The number of alkyl halides is 1. The van der Waals surface area contributed by atoms with Crippen molar-refractivity contribution in [3.63, 3.8) is 0 Å². The van der Waals surface area contributed by atoms with Crippen molar-refractivity contribution in [3.8, 4) is 0 Å². The van der Waals surface area contributed by atoms with Crippen molar-refractivity contribution in [3.05, 3.63) is 0 Å². The highest BCUT2D eigenvalue weighted by Gasteiger charge is 2.14. The Balaban J connectivity index is 3.57. The topological polar surface area (TPSA) is 47.6 Å². The number of carbonyl (C=O) groups excluding carboxylic acids is 1. The second kappa shape index (κ2) is 5.59. The van der Waals surface area contributed by atoms with Gasteiger partial charge >= 0.3 is 6.16 Å². The summed E-state index contributed by atoms with van der Waals surface area (Å²) in [5.74, 6) is 0. The van der Waals surface area contributed by atoms with E-state index in [0.29, 0.717) is 0 Å². The molecule has 0 radical (unpaired) electrons. The van der Waals surface area contributed by atoms with Crippen LogP contribution in [-0.4, -0.2) is 23.2 Å². The van der Waals surface area contributed by atoms with E-state index in [-0.39, 0.29) is 10.0 Å². The molecule has 0 heterocycles. The van der Waals surface area contributed by atoms with Crippen molar-refractivity contribution in [2.45, 2.75) is 23.9 Å². The average molecular weight is 273 g/mol. The highest BCUT2D eigenvalue weighted by Crippen LogP contribution is 2.08. The minimum absolute atomic E-state index is 0.128. The summed E-state index contributed by atoms with van der Waals surface area (Å²) in [5, 5.41) is 0. The zero-order chi connectivity index (χ0) is 8.85. The number of halogens is 1. The Morgan fingerprint density at radius 2 is 2.09 bits per heavy atom. The van der Waals surface area contributed by atoms with Crippen LogP contribution in [-0.2, 0) is 9.57 Å². The van der Waals surface area contributed by atoms with Crippen LogP contribution in [0.5, 0.6) is 0 Å². The van der Waals surface area contributed by atoms with Crippen LogP contribution in [0.3, 0.4) is 0 Å². The van der Waals surface area contributed by atoms with E-state index in [1.807, 2.05) is 13.8 Å². The second-order valence-corrected chi connectivity index (χ2v) is 4.02. The van der Waals surface area contributed by atoms with Gasteiger partial charge in [-0.2, -0.15) is 5.48 Å². The molecule has 0 amide bonds. The summed E-state index contributed by atoms with van der Waals surface area (Å²) in [6.45, 7) is 3.77. The van der Waals surface area contributed by atoms with Crippen LogP contribution in [0.15, 0.2) is 0 Å². The van der Waals surface area contributed by atoms with Gasteiger partial charge in [0.15, 0.2) is 0 Å². The molecule has 0 spiro atoms. The number of rotatable bonds is 3. The number of ether oxygens (including phenoxy) is 1. The molecule has 0 aromatic rings. The van der Waals surface area contributed by atoms with Crippen LogP contribution < -0.4 is 5.48 Å². The molecule has 0 bridgehead atoms. The van der Waals surface area contributed by atoms with Crippen LogP contribution in [0.4, 0.5) is 4.79 Å². The van der Waals surface area contributed by atoms with Crippen molar-refractivity contribution in [2.24, 2.45) is 0 Å². The van der Waals surface area contributed by atoms with Gasteiger partial charge < -0.3 is 9.57 Å². The predicted octanol–water partition coefficient (Wildman–Crippen LogP) is 1.49. The third kappa shape index (κ3) is 5.25. The van der Waals surface area contributed by atoms with E-state index in [4.69, 9.17) is 4.74 Å². The molecule has 11 heavy (non-hydrogen) atoms. The highest BCUT2D eigenvalue weighted by molar-refractivity contribution is 14.1. The minimum atomic E-state index is -0.691. The molecule has 5 heteroatoms. The fourth-order valence-corrected chi connectivity index (χ4v) is 0.500. The number of hydroxylamine groups is 1. The van der Waals surface area contributed by atoms with E-state index in [0.717, 1.165) is 0 Å². The van der Waals surface area contributed by atoms with Crippen molar-refractivity contribution in [1.82, 2.24) is 5.48 Å². The smallest absolute Gasteiger partial charge is 0.429 e. The lowest BCUT2D eigenvalue weighted by Gasteiger charge is -2.13. The Bertz CT molecular complexity index is 129. The van der Waals surface area contributed by atoms with Gasteiger partial charge in [-0.3, -0.25) is 0 Å². The third-order valence-electron chi connectivity index (χ3n) is 1.11. The summed E-state index contributed by atoms with van der Waals surface area (Å²) in [4.78, 5) is 15.0. The Labute approximate surface area is 79.7 Å². The maximum absolute atomic E-state index is 10.6. The zero-order valence-electron chi connectivity index (χ0n) is 6.76. The van der Waals surface area contributed by atoms with Crippen LogP contribution in [0.2, 0.25) is 0 Å². The maximum atomic E-state index is 10.6. The lowest BCUT2D eigenvalue weighted by atomic mass is 10.3. The number of carbonyl (C=O) groups is 1. The lowest BCUT2D eigenvalue weighted by molar-refractivity contribution is 0.00463. The average Bonchev–Trinajstić information content (AvgIpc) is 1.87. The molecule has 0 rings (SSSR count). The Morgan fingerprint density at radius 3 is 2.45 bits per heavy atom. The first-order valence-electron chi connectivity index (χ1n) is 3.26. The van der Waals surface area contributed by atoms with Crippen molar-refractivity contribution >= 4 is 28.7 Å². The summed E-state index contributed by atoms with van der Waals surface area (Å²) in [7, 11) is 1.50. The van der Waals surface area contributed by atoms with Crippen LogP contribution in [0, 0.1) is 0 Å². The van der Waals surface area contributed by atoms with Gasteiger partial charge in [-0.25, -0.2) is 4.79 Å². The van der Waals surface area contributed by atoms with Gasteiger partial charge in [0.25, 0.3) is 0 Å². The van der Waals surface area contributed by atoms with E-state index in [1.54, 1.807) is 0 Å². The molecular weight excluding hydrogens is 261 g/mol. The molecule has 0 saturated heterocycles. The Morgan fingerprint density at radius 1 is 1.55 bits per heavy atom. The first-order chi connectivity index (χ1) is 5.07. The summed E-state index contributed by atoms with van der Waals surface area (Å²) >= 11 is 2.18. The monoisotopic (exact) mass is 273 g/mol. The molecule has 66 valence electrons. The van der Waals surface area contributed by atoms with E-state index >= 15 is 0 Å². The Hall–Kier alpha value is -0.0400. The second-order valence-electron chi connectivity index (χ2n) is 2.06. The van der Waals surface area contributed by atoms with Gasteiger partial charge in [-0.15, -0.1) is 0 Å². The summed E-state index contributed by atoms with van der Waals surface area (Å²) in [6.07, 6.45) is -0.819. The van der Waals surface area contributed by atoms with Gasteiger partial charge in [-0.1, -0.05) is 22.6 Å². The molecule has 0 saturated carbocycles. The van der Waals surface area contributed by atoms with Crippen LogP contribution >= 0.6 is 22.6 Å². The first-order valence-corrected chi connectivity index (χ1v) is 4.50. The molecule has 0 aliphatic carbocycles. The molecule has 0 aromatic carbocycles. The predicted molar refractivity (Wildman–Crippen MR) is 49.6 cm³/mol. The fourth-order valence-electron chi connectivity index (χ4n) is 0.353. The normalized spacial score (nSPS) is 15.3. The van der Waals surface area contributed by atoms with Gasteiger partial charge in [0.2, 0.25) is 0 Å². The largest absolute Gasteiger partial charge is 0.527 e. The SMILES string of the molecule is CNOC(=O)OC(C)C(C)I. The van der Waals surface area contributed by atoms with Gasteiger partial charge in [-0.05, 0) is 13.8 Å². The number of hydrogen-bond donors (Lipinski definition) is 1. The maximum Gasteiger partial charge on any atom is 0.527 e. The molecular formula is C6H12INO3. The van der Waals surface area contributed by atoms with Crippen molar-refractivity contribution in [2.75, 3.05) is 7.05 Å². The zero-order valence-corrected chi connectivity index (χ0v) is 8.91. The lowest BCUT2D eigenvalue weighted by Crippen LogP contribution is -2.25. The molecule has 0 aromatic heterocycles. The van der Waals surface area contributed by atoms with E-state index < -0.39 is 6.16 Å². The quantitative estimate of drug-likeness (QED) is 0.366. The molecule has 2 atom stereocenters. The molecule has 2 unspecified atom stereocenters. The summed E-state index contributed by atoms with van der Waals surface area (Å²) in [5.41, 5.74) is 2.23. The van der Waals surface area contributed by atoms with Crippen LogP contribution in [0.25, 0.3) is 0 Å². The van der Waals surface area contributed by atoms with E-state index in [2.05, 4.69) is 32.9 Å². The molecule has 0 fully saturated rings. The number of nitrogens with one attached hydrogen (secondary N) is 1. The fraction of sp³-hybridized carbons (Fsp3) is 0.833. The van der Waals surface area contributed by atoms with E-state index in [9.17, 15) is 4.79 Å². The highest BCUT2D eigenvalue weighted by atomic mass is 127. The first kappa shape index (κ1) is 11.0. The number of hydrogen-bond acceptors (Lipinski definition) is 4. The Kier molecular flexibility index (Phi) is 5.57. The van der Waals surface area contributed by atoms with Crippen molar-refractivity contribution in [1.29, 1.82) is 0 Å². The van der Waals surface area contributed by atoms with Crippen molar-refractivity contribution < 1.29 is 14.4 Å². The molecule has 4 nitrogen and oxygen atoms in total. The molecule has 1 N–H and O–H groups in total. The molecule has 0 aliphatic rings. The van der Waals surface area contributed by atoms with Gasteiger partial charge in [0.1, 0.15) is 6.10 Å². The van der Waals surface area contributed by atoms with Gasteiger partial charge in [0, 0.05) is 11.0 Å². The van der Waals surface area contributed by atoms with E-state index in [1.165, 1.54) is 7.05 Å². The minimum Gasteiger partial charge on any atom is -0.429 e. The standard InChI is InChI=1S/C6H12INO3/c1-4(7)5(2)10-6(9)11-8-3/h4-5,8H,1-3H3. The van der Waals surface area contributed by atoms with Gasteiger partial charge in [0.05, 0.1) is 0 Å². The summed E-state index contributed by atoms with van der Waals surface area (Å²) in [6, 6.07) is 0. The summed E-state index contributed by atoms with van der Waals surface area (Å²) < 4.78 is 5.10. The van der Waals surface area contributed by atoms with Crippen LogP contribution in [0.1, 0.15) is 13.8 Å². The third-order valence-corrected chi connectivity index (χ3v) is 2.13. The molecule has 0 aliphatic heterocycles.